The van der Waals surface area contributed by atoms with Gasteiger partial charge < -0.3 is 5.21 Å². The van der Waals surface area contributed by atoms with Crippen molar-refractivity contribution >= 4 is 11.3 Å². The van der Waals surface area contributed by atoms with Gasteiger partial charge in [-0.1, -0.05) is 55.3 Å². The van der Waals surface area contributed by atoms with Crippen molar-refractivity contribution in [3.8, 4) is 0 Å². The number of hydrogen-bond donors (Lipinski definition) is 1. The Morgan fingerprint density at radius 2 is 2.00 bits per heavy atom. The fraction of sp³-hybridized carbons (Fsp3) is 0.500. The van der Waals surface area contributed by atoms with Crippen LogP contribution in [-0.4, -0.2) is 10.9 Å². The molecule has 2 rings (SSSR count). The first kappa shape index (κ1) is 14.8. The lowest BCUT2D eigenvalue weighted by molar-refractivity contribution is 0.305. The van der Waals surface area contributed by atoms with Crippen LogP contribution in [0.2, 0.25) is 0 Å². The van der Waals surface area contributed by atoms with Gasteiger partial charge in [-0.25, -0.2) is 0 Å². The third kappa shape index (κ3) is 2.95. The van der Waals surface area contributed by atoms with E-state index in [0.29, 0.717) is 0 Å². The number of nitrogens with zero attached hydrogens (tertiary/aromatic N) is 1. The van der Waals surface area contributed by atoms with Gasteiger partial charge >= 0.3 is 0 Å². The van der Waals surface area contributed by atoms with E-state index in [0.717, 1.165) is 34.4 Å². The Morgan fingerprint density at radius 3 is 2.55 bits per heavy atom. The molecule has 1 N–H and O–H groups in total. The van der Waals surface area contributed by atoms with E-state index in [9.17, 15) is 5.21 Å². The minimum absolute atomic E-state index is 0.274. The molecule has 1 aromatic rings. The van der Waals surface area contributed by atoms with Gasteiger partial charge in [0.2, 0.25) is 0 Å². The SMILES string of the molecule is C=C(C)c1cccc(C)c1/C(CC1(C)CCCC1)=N/O. The van der Waals surface area contributed by atoms with Gasteiger partial charge in [-0.3, -0.25) is 0 Å². The number of hydrogen-bond acceptors (Lipinski definition) is 2. The van der Waals surface area contributed by atoms with Gasteiger partial charge in [-0.15, -0.1) is 0 Å². The number of oxime groups is 1. The summed E-state index contributed by atoms with van der Waals surface area (Å²) < 4.78 is 0. The normalized spacial score (nSPS) is 18.2. The van der Waals surface area contributed by atoms with Gasteiger partial charge in [0.15, 0.2) is 0 Å². The first-order chi connectivity index (χ1) is 9.47. The minimum atomic E-state index is 0.274. The van der Waals surface area contributed by atoms with Crippen LogP contribution in [0.3, 0.4) is 0 Å². The molecule has 0 amide bonds. The molecule has 0 unspecified atom stereocenters. The van der Waals surface area contributed by atoms with Crippen molar-refractivity contribution in [1.82, 2.24) is 0 Å². The van der Waals surface area contributed by atoms with E-state index in [1.807, 2.05) is 13.0 Å². The molecule has 0 spiro atoms. The fourth-order valence-corrected chi connectivity index (χ4v) is 3.39. The molecule has 2 heteroatoms. The highest BCUT2D eigenvalue weighted by Gasteiger charge is 2.31. The second-order valence-corrected chi connectivity index (χ2v) is 6.52. The summed E-state index contributed by atoms with van der Waals surface area (Å²) in [6.07, 6.45) is 5.86. The molecule has 108 valence electrons. The van der Waals surface area contributed by atoms with E-state index in [1.54, 1.807) is 0 Å². The average Bonchev–Trinajstić information content (AvgIpc) is 2.83. The van der Waals surface area contributed by atoms with Crippen LogP contribution < -0.4 is 0 Å². The molecule has 0 radical (unpaired) electrons. The number of rotatable bonds is 4. The van der Waals surface area contributed by atoms with E-state index >= 15 is 0 Å². The summed E-state index contributed by atoms with van der Waals surface area (Å²) in [4.78, 5) is 0. The summed E-state index contributed by atoms with van der Waals surface area (Å²) in [5, 5.41) is 13.2. The molecule has 1 saturated carbocycles. The molecule has 0 aliphatic heterocycles. The number of allylic oxidation sites excluding steroid dienone is 1. The first-order valence-electron chi connectivity index (χ1n) is 7.44. The molecule has 20 heavy (non-hydrogen) atoms. The second kappa shape index (κ2) is 5.82. The van der Waals surface area contributed by atoms with Crippen molar-refractivity contribution in [2.75, 3.05) is 0 Å². The quantitative estimate of drug-likeness (QED) is 0.457. The standard InChI is InChI=1S/C18H25NO/c1-13(2)15-9-7-8-14(3)17(15)16(19-20)12-18(4)10-5-6-11-18/h7-9,20H,1,5-6,10-12H2,2-4H3/b19-16+. The predicted octanol–water partition coefficient (Wildman–Crippen LogP) is 5.18. The fourth-order valence-electron chi connectivity index (χ4n) is 3.39. The van der Waals surface area contributed by atoms with Crippen LogP contribution in [0.1, 0.15) is 62.6 Å². The molecule has 2 nitrogen and oxygen atoms in total. The van der Waals surface area contributed by atoms with E-state index in [4.69, 9.17) is 0 Å². The molecule has 0 atom stereocenters. The monoisotopic (exact) mass is 271 g/mol. The molecule has 1 fully saturated rings. The molecular weight excluding hydrogens is 246 g/mol. The Bertz CT molecular complexity index is 536. The van der Waals surface area contributed by atoms with E-state index in [-0.39, 0.29) is 5.41 Å². The van der Waals surface area contributed by atoms with Crippen LogP contribution in [0, 0.1) is 12.3 Å². The van der Waals surface area contributed by atoms with Gasteiger partial charge in [0, 0.05) is 5.56 Å². The zero-order valence-corrected chi connectivity index (χ0v) is 12.9. The van der Waals surface area contributed by atoms with Crippen molar-refractivity contribution in [2.24, 2.45) is 10.6 Å². The lowest BCUT2D eigenvalue weighted by atomic mass is 9.80. The van der Waals surface area contributed by atoms with E-state index in [1.165, 1.54) is 25.7 Å². The maximum atomic E-state index is 9.54. The molecule has 0 saturated heterocycles. The molecule has 1 aromatic carbocycles. The zero-order valence-electron chi connectivity index (χ0n) is 12.9. The Hall–Kier alpha value is -1.57. The lowest BCUT2D eigenvalue weighted by Gasteiger charge is -2.25. The highest BCUT2D eigenvalue weighted by molar-refractivity contribution is 6.05. The number of aryl methyl sites for hydroxylation is 1. The average molecular weight is 271 g/mol. The summed E-state index contributed by atoms with van der Waals surface area (Å²) >= 11 is 0. The molecule has 0 bridgehead atoms. The summed E-state index contributed by atoms with van der Waals surface area (Å²) in [5.41, 5.74) is 5.41. The van der Waals surface area contributed by atoms with Crippen LogP contribution in [0.4, 0.5) is 0 Å². The predicted molar refractivity (Wildman–Crippen MR) is 85.4 cm³/mol. The van der Waals surface area contributed by atoms with Crippen LogP contribution in [0.15, 0.2) is 29.9 Å². The lowest BCUT2D eigenvalue weighted by Crippen LogP contribution is -2.19. The van der Waals surface area contributed by atoms with E-state index < -0.39 is 0 Å². The smallest absolute Gasteiger partial charge is 0.0881 e. The maximum Gasteiger partial charge on any atom is 0.0881 e. The topological polar surface area (TPSA) is 32.6 Å². The van der Waals surface area contributed by atoms with E-state index in [2.05, 4.69) is 37.7 Å². The van der Waals surface area contributed by atoms with Crippen molar-refractivity contribution in [3.63, 3.8) is 0 Å². The highest BCUT2D eigenvalue weighted by Crippen LogP contribution is 2.42. The summed E-state index contributed by atoms with van der Waals surface area (Å²) in [7, 11) is 0. The third-order valence-corrected chi connectivity index (χ3v) is 4.55. The molecule has 1 aliphatic rings. The Morgan fingerprint density at radius 1 is 1.35 bits per heavy atom. The Kier molecular flexibility index (Phi) is 4.32. The van der Waals surface area contributed by atoms with Crippen LogP contribution in [0.5, 0.6) is 0 Å². The minimum Gasteiger partial charge on any atom is -0.411 e. The van der Waals surface area contributed by atoms with Gasteiger partial charge in [-0.05, 0) is 49.7 Å². The zero-order chi connectivity index (χ0) is 14.8. The van der Waals surface area contributed by atoms with Crippen LogP contribution in [-0.2, 0) is 0 Å². The maximum absolute atomic E-state index is 9.54. The molecule has 0 aromatic heterocycles. The Balaban J connectivity index is 2.40. The highest BCUT2D eigenvalue weighted by atomic mass is 16.4. The van der Waals surface area contributed by atoms with Crippen molar-refractivity contribution in [2.45, 2.75) is 52.9 Å². The summed E-state index contributed by atoms with van der Waals surface area (Å²) in [6, 6.07) is 6.17. The Labute approximate surface area is 122 Å². The van der Waals surface area contributed by atoms with Gasteiger partial charge in [0.05, 0.1) is 5.71 Å². The van der Waals surface area contributed by atoms with Gasteiger partial charge in [0.1, 0.15) is 0 Å². The first-order valence-corrected chi connectivity index (χ1v) is 7.44. The van der Waals surface area contributed by atoms with Crippen LogP contribution in [0.25, 0.3) is 5.57 Å². The second-order valence-electron chi connectivity index (χ2n) is 6.52. The largest absolute Gasteiger partial charge is 0.411 e. The summed E-state index contributed by atoms with van der Waals surface area (Å²) in [6.45, 7) is 10.4. The van der Waals surface area contributed by atoms with Gasteiger partial charge in [-0.2, -0.15) is 0 Å². The molecule has 1 aliphatic carbocycles. The summed E-state index contributed by atoms with van der Waals surface area (Å²) in [5.74, 6) is 0. The molecular formula is C18H25NO. The van der Waals surface area contributed by atoms with Crippen molar-refractivity contribution in [3.05, 3.63) is 41.5 Å². The number of benzene rings is 1. The van der Waals surface area contributed by atoms with Crippen molar-refractivity contribution in [1.29, 1.82) is 0 Å². The molecule has 0 heterocycles. The third-order valence-electron chi connectivity index (χ3n) is 4.55. The van der Waals surface area contributed by atoms with Crippen LogP contribution >= 0.6 is 0 Å². The van der Waals surface area contributed by atoms with Gasteiger partial charge in [0.25, 0.3) is 0 Å². The van der Waals surface area contributed by atoms with Crippen molar-refractivity contribution < 1.29 is 5.21 Å².